The fraction of sp³-hybridized carbons (Fsp3) is 0.750. The van der Waals surface area contributed by atoms with Crippen LogP contribution in [0, 0.1) is 11.8 Å². The van der Waals surface area contributed by atoms with Gasteiger partial charge in [-0.3, -0.25) is 0 Å². The second-order valence-corrected chi connectivity index (χ2v) is 5.47. The minimum Gasteiger partial charge on any atom is -0.0848 e. The summed E-state index contributed by atoms with van der Waals surface area (Å²) in [6.45, 7) is 2.22. The Hall–Kier alpha value is -0.520. The summed E-state index contributed by atoms with van der Waals surface area (Å²) in [6.07, 6.45) is 19.9. The maximum absolute atomic E-state index is 2.47. The highest BCUT2D eigenvalue weighted by atomic mass is 14.3. The van der Waals surface area contributed by atoms with Gasteiger partial charge in [0.1, 0.15) is 0 Å². The molecule has 0 spiro atoms. The molecule has 0 atom stereocenters. The molecule has 16 heavy (non-hydrogen) atoms. The Morgan fingerprint density at radius 2 is 1.44 bits per heavy atom. The smallest absolute Gasteiger partial charge is 0.0197 e. The summed E-state index contributed by atoms with van der Waals surface area (Å²) in [5.41, 5.74) is 1.81. The van der Waals surface area contributed by atoms with E-state index < -0.39 is 0 Å². The number of rotatable bonds is 4. The van der Waals surface area contributed by atoms with Crippen molar-refractivity contribution in [1.29, 1.82) is 0 Å². The third-order valence-electron chi connectivity index (χ3n) is 4.31. The number of hydrogen-bond donors (Lipinski definition) is 0. The average Bonchev–Trinajstić information content (AvgIpc) is 2.97. The van der Waals surface area contributed by atoms with Crippen molar-refractivity contribution in [3.8, 4) is 0 Å². The van der Waals surface area contributed by atoms with E-state index in [0.29, 0.717) is 0 Å². The van der Waals surface area contributed by atoms with Crippen LogP contribution in [-0.2, 0) is 0 Å². The van der Waals surface area contributed by atoms with Crippen LogP contribution in [-0.4, -0.2) is 0 Å². The van der Waals surface area contributed by atoms with E-state index in [1.807, 2.05) is 0 Å². The average molecular weight is 218 g/mol. The molecule has 2 saturated carbocycles. The molecular weight excluding hydrogens is 192 g/mol. The zero-order valence-electron chi connectivity index (χ0n) is 10.8. The standard InChI is InChI=1S/C16H26/c1-2-3-4-13-16(14-9-5-6-10-14)15-11-7-8-12-15/h3-4,13-15H,2,5-12H2,1H3/b4-3+. The first-order valence-corrected chi connectivity index (χ1v) is 7.28. The van der Waals surface area contributed by atoms with E-state index in [9.17, 15) is 0 Å². The van der Waals surface area contributed by atoms with Crippen molar-refractivity contribution in [1.82, 2.24) is 0 Å². The summed E-state index contributed by atoms with van der Waals surface area (Å²) in [5, 5.41) is 0. The van der Waals surface area contributed by atoms with Crippen molar-refractivity contribution in [2.45, 2.75) is 64.7 Å². The Labute approximate surface area is 101 Å². The lowest BCUT2D eigenvalue weighted by Crippen LogP contribution is -2.08. The van der Waals surface area contributed by atoms with Crippen LogP contribution < -0.4 is 0 Å². The molecule has 2 aliphatic rings. The number of allylic oxidation sites excluding steroid dienone is 4. The predicted molar refractivity (Wildman–Crippen MR) is 71.4 cm³/mol. The van der Waals surface area contributed by atoms with Crippen LogP contribution in [0.1, 0.15) is 64.7 Å². The van der Waals surface area contributed by atoms with Crippen molar-refractivity contribution >= 4 is 0 Å². The Balaban J connectivity index is 2.04. The summed E-state index contributed by atoms with van der Waals surface area (Å²) < 4.78 is 0. The fourth-order valence-electron chi connectivity index (χ4n) is 3.44. The van der Waals surface area contributed by atoms with Crippen molar-refractivity contribution < 1.29 is 0 Å². The second kappa shape index (κ2) is 6.27. The normalized spacial score (nSPS) is 23.3. The lowest BCUT2D eigenvalue weighted by Gasteiger charge is -2.20. The van der Waals surface area contributed by atoms with Gasteiger partial charge in [-0.05, 0) is 43.9 Å². The molecule has 0 bridgehead atoms. The molecule has 0 aromatic rings. The SMILES string of the molecule is CC/C=C/C=C(C1CCCC1)C1CCCC1. The monoisotopic (exact) mass is 218 g/mol. The highest BCUT2D eigenvalue weighted by molar-refractivity contribution is 5.20. The zero-order chi connectivity index (χ0) is 11.2. The lowest BCUT2D eigenvalue weighted by atomic mass is 9.85. The summed E-state index contributed by atoms with van der Waals surface area (Å²) in [7, 11) is 0. The summed E-state index contributed by atoms with van der Waals surface area (Å²) in [5.74, 6) is 1.87. The van der Waals surface area contributed by atoms with Gasteiger partial charge in [-0.25, -0.2) is 0 Å². The minimum absolute atomic E-state index is 0.935. The van der Waals surface area contributed by atoms with Gasteiger partial charge in [0.05, 0.1) is 0 Å². The first-order valence-electron chi connectivity index (χ1n) is 7.28. The third-order valence-corrected chi connectivity index (χ3v) is 4.31. The maximum atomic E-state index is 2.47. The van der Waals surface area contributed by atoms with Gasteiger partial charge in [0.2, 0.25) is 0 Å². The largest absolute Gasteiger partial charge is 0.0848 e. The maximum Gasteiger partial charge on any atom is -0.0197 e. The van der Waals surface area contributed by atoms with E-state index in [2.05, 4.69) is 25.2 Å². The molecule has 0 radical (unpaired) electrons. The lowest BCUT2D eigenvalue weighted by molar-refractivity contribution is 0.514. The van der Waals surface area contributed by atoms with Crippen LogP contribution in [0.5, 0.6) is 0 Å². The Bertz CT molecular complexity index is 229. The summed E-state index contributed by atoms with van der Waals surface area (Å²) in [6, 6.07) is 0. The Kier molecular flexibility index (Phi) is 4.69. The van der Waals surface area contributed by atoms with Gasteiger partial charge in [0.15, 0.2) is 0 Å². The molecule has 90 valence electrons. The molecule has 2 aliphatic carbocycles. The topological polar surface area (TPSA) is 0 Å². The molecule has 0 heterocycles. The molecule has 0 amide bonds. The Morgan fingerprint density at radius 3 is 1.88 bits per heavy atom. The van der Waals surface area contributed by atoms with Gasteiger partial charge >= 0.3 is 0 Å². The van der Waals surface area contributed by atoms with Crippen LogP contribution in [0.15, 0.2) is 23.8 Å². The van der Waals surface area contributed by atoms with Crippen molar-refractivity contribution in [2.24, 2.45) is 11.8 Å². The molecule has 0 N–H and O–H groups in total. The van der Waals surface area contributed by atoms with Crippen LogP contribution in [0.2, 0.25) is 0 Å². The zero-order valence-corrected chi connectivity index (χ0v) is 10.8. The van der Waals surface area contributed by atoms with Crippen LogP contribution >= 0.6 is 0 Å². The summed E-state index contributed by atoms with van der Waals surface area (Å²) >= 11 is 0. The van der Waals surface area contributed by atoms with E-state index in [-0.39, 0.29) is 0 Å². The van der Waals surface area contributed by atoms with Crippen LogP contribution in [0.25, 0.3) is 0 Å². The van der Waals surface area contributed by atoms with E-state index in [0.717, 1.165) is 11.8 Å². The van der Waals surface area contributed by atoms with Gasteiger partial charge < -0.3 is 0 Å². The summed E-state index contributed by atoms with van der Waals surface area (Å²) in [4.78, 5) is 0. The third kappa shape index (κ3) is 2.99. The molecule has 2 rings (SSSR count). The number of hydrogen-bond acceptors (Lipinski definition) is 0. The van der Waals surface area contributed by atoms with E-state index in [4.69, 9.17) is 0 Å². The highest BCUT2D eigenvalue weighted by Crippen LogP contribution is 2.41. The second-order valence-electron chi connectivity index (χ2n) is 5.47. The minimum atomic E-state index is 0.935. The van der Waals surface area contributed by atoms with Gasteiger partial charge in [-0.2, -0.15) is 0 Å². The molecule has 0 aliphatic heterocycles. The molecule has 0 nitrogen and oxygen atoms in total. The van der Waals surface area contributed by atoms with Crippen molar-refractivity contribution in [2.75, 3.05) is 0 Å². The first kappa shape index (κ1) is 12.0. The fourth-order valence-corrected chi connectivity index (χ4v) is 3.44. The van der Waals surface area contributed by atoms with Gasteiger partial charge in [0.25, 0.3) is 0 Å². The quantitative estimate of drug-likeness (QED) is 0.565. The van der Waals surface area contributed by atoms with Crippen LogP contribution in [0.4, 0.5) is 0 Å². The first-order chi connectivity index (χ1) is 7.92. The molecule has 2 fully saturated rings. The molecule has 0 aromatic heterocycles. The predicted octanol–water partition coefficient (Wildman–Crippen LogP) is 5.26. The van der Waals surface area contributed by atoms with Crippen molar-refractivity contribution in [3.63, 3.8) is 0 Å². The molecule has 0 saturated heterocycles. The van der Waals surface area contributed by atoms with E-state index in [1.54, 1.807) is 5.57 Å². The van der Waals surface area contributed by atoms with Crippen molar-refractivity contribution in [3.05, 3.63) is 23.8 Å². The Morgan fingerprint density at radius 1 is 0.938 bits per heavy atom. The van der Waals surface area contributed by atoms with E-state index in [1.165, 1.54) is 57.8 Å². The molecule has 0 unspecified atom stereocenters. The molecular formula is C16H26. The van der Waals surface area contributed by atoms with Crippen LogP contribution in [0.3, 0.4) is 0 Å². The molecule has 0 aromatic carbocycles. The van der Waals surface area contributed by atoms with Gasteiger partial charge in [0, 0.05) is 0 Å². The highest BCUT2D eigenvalue weighted by Gasteiger charge is 2.26. The van der Waals surface area contributed by atoms with Gasteiger partial charge in [-0.15, -0.1) is 0 Å². The van der Waals surface area contributed by atoms with Gasteiger partial charge in [-0.1, -0.05) is 56.4 Å². The molecule has 0 heteroatoms. The van der Waals surface area contributed by atoms with E-state index >= 15 is 0 Å².